The predicted molar refractivity (Wildman–Crippen MR) is 60.1 cm³/mol. The summed E-state index contributed by atoms with van der Waals surface area (Å²) in [5, 5.41) is 11.1. The second-order valence-electron chi connectivity index (χ2n) is 4.29. The summed E-state index contributed by atoms with van der Waals surface area (Å²) in [6.45, 7) is 6.76. The van der Waals surface area contributed by atoms with Crippen molar-refractivity contribution in [1.29, 1.82) is 0 Å². The second-order valence-corrected chi connectivity index (χ2v) is 4.29. The van der Waals surface area contributed by atoms with Crippen LogP contribution in [0.25, 0.3) is 0 Å². The molecule has 5 nitrogen and oxygen atoms in total. The number of hydrogen-bond acceptors (Lipinski definition) is 3. The van der Waals surface area contributed by atoms with Crippen LogP contribution in [-0.2, 0) is 14.3 Å². The summed E-state index contributed by atoms with van der Waals surface area (Å²) in [4.78, 5) is 21.6. The zero-order valence-electron chi connectivity index (χ0n) is 10.2. The lowest BCUT2D eigenvalue weighted by Gasteiger charge is -2.12. The quantitative estimate of drug-likeness (QED) is 0.612. The number of carboxylic acid groups (broad SMARTS) is 1. The van der Waals surface area contributed by atoms with Crippen molar-refractivity contribution in [1.82, 2.24) is 5.32 Å². The van der Waals surface area contributed by atoms with Crippen molar-refractivity contribution in [3.05, 3.63) is 0 Å². The van der Waals surface area contributed by atoms with Crippen LogP contribution in [-0.4, -0.2) is 36.2 Å². The maximum Gasteiger partial charge on any atom is 0.305 e. The first-order valence-corrected chi connectivity index (χ1v) is 5.50. The van der Waals surface area contributed by atoms with Crippen LogP contribution < -0.4 is 5.32 Å². The van der Waals surface area contributed by atoms with E-state index in [0.717, 1.165) is 0 Å². The van der Waals surface area contributed by atoms with Gasteiger partial charge in [0.25, 0.3) is 0 Å². The summed E-state index contributed by atoms with van der Waals surface area (Å²) < 4.78 is 5.25. The van der Waals surface area contributed by atoms with Crippen LogP contribution in [0.5, 0.6) is 0 Å². The van der Waals surface area contributed by atoms with E-state index < -0.39 is 5.97 Å². The van der Waals surface area contributed by atoms with Crippen molar-refractivity contribution in [2.24, 2.45) is 5.92 Å². The van der Waals surface area contributed by atoms with Crippen LogP contribution in [0.2, 0.25) is 0 Å². The van der Waals surface area contributed by atoms with E-state index in [0.29, 0.717) is 19.1 Å². The molecule has 0 heterocycles. The van der Waals surface area contributed by atoms with Gasteiger partial charge in [-0.1, -0.05) is 13.8 Å². The highest BCUT2D eigenvalue weighted by Crippen LogP contribution is 1.95. The van der Waals surface area contributed by atoms with Gasteiger partial charge in [0.1, 0.15) is 0 Å². The lowest BCUT2D eigenvalue weighted by Crippen LogP contribution is -2.34. The van der Waals surface area contributed by atoms with E-state index in [-0.39, 0.29) is 24.8 Å². The molecule has 0 rings (SSSR count). The normalized spacial score (nSPS) is 12.5. The topological polar surface area (TPSA) is 75.6 Å². The molecule has 0 fully saturated rings. The fourth-order valence-electron chi connectivity index (χ4n) is 1.14. The van der Waals surface area contributed by atoms with E-state index in [4.69, 9.17) is 9.84 Å². The zero-order valence-corrected chi connectivity index (χ0v) is 10.2. The van der Waals surface area contributed by atoms with Crippen molar-refractivity contribution in [2.75, 3.05) is 13.2 Å². The summed E-state index contributed by atoms with van der Waals surface area (Å²) >= 11 is 0. The molecule has 0 radical (unpaired) electrons. The lowest BCUT2D eigenvalue weighted by molar-refractivity contribution is -0.137. The number of ether oxygens (including phenoxy) is 1. The maximum absolute atomic E-state index is 11.3. The largest absolute Gasteiger partial charge is 0.481 e. The standard InChI is InChI=1S/C11H21NO4/c1-8(2)7-16-5-4-10(13)12-9(3)6-11(14)15/h8-9H,4-7H2,1-3H3,(H,12,13)(H,14,15). The minimum absolute atomic E-state index is 0.0570. The Hall–Kier alpha value is -1.10. The molecule has 2 N–H and O–H groups in total. The van der Waals surface area contributed by atoms with E-state index in [2.05, 4.69) is 5.32 Å². The number of carbonyl (C=O) groups is 2. The Bertz CT molecular complexity index is 228. The molecule has 0 aliphatic carbocycles. The Labute approximate surface area is 96.2 Å². The van der Waals surface area contributed by atoms with Crippen LogP contribution in [0.3, 0.4) is 0 Å². The number of aliphatic carboxylic acids is 1. The molecule has 0 saturated heterocycles. The Kier molecular flexibility index (Phi) is 7.54. The fraction of sp³-hybridized carbons (Fsp3) is 0.818. The molecule has 0 saturated carbocycles. The molecular formula is C11H21NO4. The van der Waals surface area contributed by atoms with Crippen LogP contribution in [0.15, 0.2) is 0 Å². The molecule has 16 heavy (non-hydrogen) atoms. The zero-order chi connectivity index (χ0) is 12.6. The Balaban J connectivity index is 3.54. The number of amides is 1. The van der Waals surface area contributed by atoms with E-state index >= 15 is 0 Å². The first kappa shape index (κ1) is 14.9. The second kappa shape index (κ2) is 8.10. The maximum atomic E-state index is 11.3. The van der Waals surface area contributed by atoms with Gasteiger partial charge >= 0.3 is 5.97 Å². The van der Waals surface area contributed by atoms with Gasteiger partial charge in [0, 0.05) is 19.1 Å². The molecule has 94 valence electrons. The van der Waals surface area contributed by atoms with Crippen molar-refractivity contribution in [3.63, 3.8) is 0 Å². The van der Waals surface area contributed by atoms with Gasteiger partial charge in [-0.2, -0.15) is 0 Å². The minimum atomic E-state index is -0.913. The Morgan fingerprint density at radius 3 is 2.44 bits per heavy atom. The SMILES string of the molecule is CC(C)COCCC(=O)NC(C)CC(=O)O. The van der Waals surface area contributed by atoms with Gasteiger partial charge in [0.2, 0.25) is 5.91 Å². The molecule has 0 aromatic carbocycles. The average molecular weight is 231 g/mol. The van der Waals surface area contributed by atoms with Gasteiger partial charge in [-0.25, -0.2) is 0 Å². The number of hydrogen-bond donors (Lipinski definition) is 2. The summed E-state index contributed by atoms with van der Waals surface area (Å²) in [6.07, 6.45) is 0.218. The number of carbonyl (C=O) groups excluding carboxylic acids is 1. The van der Waals surface area contributed by atoms with Gasteiger partial charge in [-0.3, -0.25) is 9.59 Å². The fourth-order valence-corrected chi connectivity index (χ4v) is 1.14. The van der Waals surface area contributed by atoms with Crippen LogP contribution in [0.4, 0.5) is 0 Å². The van der Waals surface area contributed by atoms with Gasteiger partial charge < -0.3 is 15.2 Å². The molecule has 1 atom stereocenters. The first-order valence-electron chi connectivity index (χ1n) is 5.50. The van der Waals surface area contributed by atoms with Gasteiger partial charge in [-0.15, -0.1) is 0 Å². The highest BCUT2D eigenvalue weighted by atomic mass is 16.5. The third-order valence-electron chi connectivity index (χ3n) is 1.81. The molecule has 0 aliphatic heterocycles. The van der Waals surface area contributed by atoms with Gasteiger partial charge in [0.15, 0.2) is 0 Å². The summed E-state index contributed by atoms with van der Waals surface area (Å²) in [7, 11) is 0. The van der Waals surface area contributed by atoms with Gasteiger partial charge in [0.05, 0.1) is 13.0 Å². The third kappa shape index (κ3) is 9.45. The number of rotatable bonds is 8. The highest BCUT2D eigenvalue weighted by molar-refractivity contribution is 5.77. The Morgan fingerprint density at radius 1 is 1.31 bits per heavy atom. The molecule has 0 bridgehead atoms. The molecular weight excluding hydrogens is 210 g/mol. The van der Waals surface area contributed by atoms with Crippen LogP contribution in [0.1, 0.15) is 33.6 Å². The van der Waals surface area contributed by atoms with E-state index in [1.165, 1.54) is 0 Å². The third-order valence-corrected chi connectivity index (χ3v) is 1.81. The van der Waals surface area contributed by atoms with Crippen molar-refractivity contribution < 1.29 is 19.4 Å². The highest BCUT2D eigenvalue weighted by Gasteiger charge is 2.10. The first-order chi connectivity index (χ1) is 7.41. The van der Waals surface area contributed by atoms with Crippen molar-refractivity contribution in [2.45, 2.75) is 39.7 Å². The minimum Gasteiger partial charge on any atom is -0.481 e. The average Bonchev–Trinajstić information content (AvgIpc) is 2.10. The molecule has 0 aliphatic rings. The predicted octanol–water partition coefficient (Wildman–Crippen LogP) is 1.03. The Morgan fingerprint density at radius 2 is 1.94 bits per heavy atom. The van der Waals surface area contributed by atoms with Crippen molar-refractivity contribution >= 4 is 11.9 Å². The number of carboxylic acids is 1. The number of nitrogens with one attached hydrogen (secondary N) is 1. The molecule has 1 unspecified atom stereocenters. The lowest BCUT2D eigenvalue weighted by atomic mass is 10.2. The molecule has 0 spiro atoms. The summed E-state index contributed by atoms with van der Waals surface area (Å²) in [6, 6.07) is -0.338. The summed E-state index contributed by atoms with van der Waals surface area (Å²) in [5.41, 5.74) is 0. The molecule has 1 amide bonds. The van der Waals surface area contributed by atoms with Crippen molar-refractivity contribution in [3.8, 4) is 0 Å². The van der Waals surface area contributed by atoms with E-state index in [9.17, 15) is 9.59 Å². The summed E-state index contributed by atoms with van der Waals surface area (Å²) in [5.74, 6) is -0.629. The van der Waals surface area contributed by atoms with Crippen LogP contribution in [0, 0.1) is 5.92 Å². The molecule has 0 aromatic rings. The molecule has 0 aromatic heterocycles. The van der Waals surface area contributed by atoms with E-state index in [1.54, 1.807) is 6.92 Å². The van der Waals surface area contributed by atoms with Crippen LogP contribution >= 0.6 is 0 Å². The van der Waals surface area contributed by atoms with E-state index in [1.807, 2.05) is 13.8 Å². The molecule has 5 heteroatoms. The monoisotopic (exact) mass is 231 g/mol. The van der Waals surface area contributed by atoms with Gasteiger partial charge in [-0.05, 0) is 12.8 Å². The smallest absolute Gasteiger partial charge is 0.305 e.